The van der Waals surface area contributed by atoms with Gasteiger partial charge in [-0.2, -0.15) is 0 Å². The summed E-state index contributed by atoms with van der Waals surface area (Å²) < 4.78 is 3.65. The molecule has 3 fully saturated rings. The Labute approximate surface area is 175 Å². The molecular weight excluding hydrogens is 390 g/mol. The molecule has 0 radical (unpaired) electrons. The highest BCUT2D eigenvalue weighted by Crippen LogP contribution is 2.47. The van der Waals surface area contributed by atoms with Crippen LogP contribution in [0.2, 0.25) is 0 Å². The quantitative estimate of drug-likeness (QED) is 0.446. The molecule has 2 amide bonds. The molecule has 0 bridgehead atoms. The van der Waals surface area contributed by atoms with Gasteiger partial charge >= 0.3 is 6.03 Å². The van der Waals surface area contributed by atoms with Gasteiger partial charge in [-0.1, -0.05) is 0 Å². The predicted octanol–water partition coefficient (Wildman–Crippen LogP) is 2.23. The second-order valence-electron chi connectivity index (χ2n) is 8.18. The van der Waals surface area contributed by atoms with Gasteiger partial charge in [0.15, 0.2) is 0 Å². The minimum absolute atomic E-state index is 0.178. The number of nitrogens with one attached hydrogen (secondary N) is 1. The average molecular weight is 416 g/mol. The van der Waals surface area contributed by atoms with Crippen molar-refractivity contribution >= 4 is 36.6 Å². The van der Waals surface area contributed by atoms with Gasteiger partial charge in [-0.15, -0.1) is 4.91 Å². The van der Waals surface area contributed by atoms with Gasteiger partial charge in [-0.3, -0.25) is 10.3 Å². The Kier molecular flexibility index (Phi) is 5.64. The molecule has 1 aliphatic carbocycles. The molecule has 2 aliphatic heterocycles. The normalized spacial score (nSPS) is 24.1. The van der Waals surface area contributed by atoms with E-state index < -0.39 is 6.03 Å². The number of hydrogen-bond donors (Lipinski definition) is 2. The second kappa shape index (κ2) is 8.19. The van der Waals surface area contributed by atoms with Gasteiger partial charge in [0.2, 0.25) is 0 Å². The summed E-state index contributed by atoms with van der Waals surface area (Å²) in [6, 6.07) is 3.62. The zero-order chi connectivity index (χ0) is 20.4. The van der Waals surface area contributed by atoms with E-state index in [0.717, 1.165) is 56.8 Å². The molecule has 3 heterocycles. The molecule has 1 unspecified atom stereocenters. The molecule has 29 heavy (non-hydrogen) atoms. The lowest BCUT2D eigenvalue weighted by molar-refractivity contribution is 0.0325. The minimum Gasteiger partial charge on any atom is -0.353 e. The number of carbonyl (C=O) groups excluding carboxylic acids is 1. The van der Waals surface area contributed by atoms with E-state index in [1.807, 2.05) is 12.1 Å². The summed E-state index contributed by atoms with van der Waals surface area (Å²) in [5.74, 6) is 0.822. The Hall–Kier alpha value is -2.33. The van der Waals surface area contributed by atoms with Crippen LogP contribution in [0.1, 0.15) is 24.8 Å². The van der Waals surface area contributed by atoms with Crippen LogP contribution < -0.4 is 4.90 Å². The van der Waals surface area contributed by atoms with E-state index in [4.69, 9.17) is 5.41 Å². The summed E-state index contributed by atoms with van der Waals surface area (Å²) in [6.07, 6.45) is 6.49. The van der Waals surface area contributed by atoms with Gasteiger partial charge in [0.1, 0.15) is 5.82 Å². The van der Waals surface area contributed by atoms with E-state index >= 15 is 0 Å². The van der Waals surface area contributed by atoms with Crippen molar-refractivity contribution in [1.82, 2.24) is 14.8 Å². The number of carbonyl (C=O) groups is 1. The fourth-order valence-corrected chi connectivity index (χ4v) is 5.13. The molecule has 10 heteroatoms. The van der Waals surface area contributed by atoms with Crippen LogP contribution in [-0.2, 0) is 0 Å². The third-order valence-electron chi connectivity index (χ3n) is 6.47. The molecular formula is C19H25N7O2S. The van der Waals surface area contributed by atoms with Crippen molar-refractivity contribution in [2.24, 2.45) is 15.0 Å². The summed E-state index contributed by atoms with van der Waals surface area (Å²) >= 11 is 3.83. The van der Waals surface area contributed by atoms with Gasteiger partial charge in [0.05, 0.1) is 11.9 Å². The van der Waals surface area contributed by atoms with E-state index in [9.17, 15) is 9.70 Å². The standard InChI is InChI=1S/C19H25N7O2S/c20-16(11-22-29)15-2-1-5-21-17(15)25-8-6-24(7-9-25)14-3-4-19(10-14)12-26(13-19)18(27)23-28/h1-2,5,11,14,20,29H,3-4,6-10,12-13H2. The lowest BCUT2D eigenvalue weighted by atomic mass is 9.78. The number of urea groups is 1. The van der Waals surface area contributed by atoms with Crippen molar-refractivity contribution in [3.05, 3.63) is 28.8 Å². The first-order chi connectivity index (χ1) is 14.0. The molecule has 1 spiro atoms. The number of amides is 2. The van der Waals surface area contributed by atoms with Crippen molar-refractivity contribution in [3.63, 3.8) is 0 Å². The number of pyridine rings is 1. The van der Waals surface area contributed by atoms with E-state index in [-0.39, 0.29) is 5.41 Å². The molecule has 1 aromatic rings. The number of aromatic nitrogens is 1. The topological polar surface area (TPSA) is 105 Å². The van der Waals surface area contributed by atoms with Gasteiger partial charge in [-0.05, 0) is 44.2 Å². The number of nitroso groups, excluding NO2 is 1. The maximum atomic E-state index is 11.4. The first-order valence-electron chi connectivity index (χ1n) is 9.88. The van der Waals surface area contributed by atoms with Crippen molar-refractivity contribution in [2.75, 3.05) is 44.2 Å². The van der Waals surface area contributed by atoms with Gasteiger partial charge in [0.25, 0.3) is 0 Å². The molecule has 1 atom stereocenters. The molecule has 4 rings (SSSR count). The average Bonchev–Trinajstić information content (AvgIpc) is 3.18. The van der Waals surface area contributed by atoms with Crippen LogP contribution in [0.15, 0.2) is 27.9 Å². The van der Waals surface area contributed by atoms with E-state index in [1.54, 1.807) is 11.1 Å². The Bertz CT molecular complexity index is 832. The summed E-state index contributed by atoms with van der Waals surface area (Å²) in [6.45, 7) is 4.95. The van der Waals surface area contributed by atoms with Crippen LogP contribution in [0, 0.1) is 15.7 Å². The third-order valence-corrected chi connectivity index (χ3v) is 6.59. The van der Waals surface area contributed by atoms with Crippen molar-refractivity contribution in [3.8, 4) is 0 Å². The van der Waals surface area contributed by atoms with Crippen LogP contribution >= 0.6 is 12.8 Å². The number of thiol groups is 1. The zero-order valence-electron chi connectivity index (χ0n) is 16.2. The predicted molar refractivity (Wildman–Crippen MR) is 115 cm³/mol. The molecule has 1 aromatic heterocycles. The number of likely N-dealkylation sites (tertiary alicyclic amines) is 1. The first kappa shape index (κ1) is 20.0. The summed E-state index contributed by atoms with van der Waals surface area (Å²) in [4.78, 5) is 32.7. The molecule has 154 valence electrons. The highest BCUT2D eigenvalue weighted by atomic mass is 32.1. The molecule has 0 aromatic carbocycles. The molecule has 1 saturated carbocycles. The SMILES string of the molecule is N=C(C=NS)c1cccnc1N1CCN(C2CCC3(C2)CN(C(=O)N=O)C3)CC1. The van der Waals surface area contributed by atoms with E-state index in [2.05, 4.69) is 37.2 Å². The van der Waals surface area contributed by atoms with E-state index in [1.165, 1.54) is 6.21 Å². The van der Waals surface area contributed by atoms with Crippen LogP contribution in [0.5, 0.6) is 0 Å². The first-order valence-corrected chi connectivity index (χ1v) is 10.3. The lowest BCUT2D eigenvalue weighted by Gasteiger charge is -2.47. The van der Waals surface area contributed by atoms with Crippen molar-refractivity contribution in [1.29, 1.82) is 5.41 Å². The van der Waals surface area contributed by atoms with Gasteiger partial charge < -0.3 is 9.80 Å². The second-order valence-corrected chi connectivity index (χ2v) is 8.41. The number of piperazine rings is 1. The third kappa shape index (κ3) is 3.91. The maximum Gasteiger partial charge on any atom is 0.381 e. The Morgan fingerprint density at radius 1 is 1.31 bits per heavy atom. The Balaban J connectivity index is 1.34. The summed E-state index contributed by atoms with van der Waals surface area (Å²) in [7, 11) is 0. The number of rotatable bonds is 4. The van der Waals surface area contributed by atoms with Crippen LogP contribution in [0.3, 0.4) is 0 Å². The number of anilines is 1. The zero-order valence-corrected chi connectivity index (χ0v) is 17.1. The van der Waals surface area contributed by atoms with Gasteiger partial charge in [-0.25, -0.2) is 14.2 Å². The number of nitrogens with zero attached hydrogens (tertiary/aromatic N) is 6. The van der Waals surface area contributed by atoms with Crippen molar-refractivity contribution < 1.29 is 4.79 Å². The van der Waals surface area contributed by atoms with Crippen LogP contribution in [-0.4, -0.2) is 78.1 Å². The van der Waals surface area contributed by atoms with E-state index in [0.29, 0.717) is 24.8 Å². The largest absolute Gasteiger partial charge is 0.381 e. The highest BCUT2D eigenvalue weighted by molar-refractivity contribution is 7.79. The monoisotopic (exact) mass is 415 g/mol. The minimum atomic E-state index is -0.632. The Morgan fingerprint density at radius 3 is 2.76 bits per heavy atom. The summed E-state index contributed by atoms with van der Waals surface area (Å²) in [5, 5.41) is 10.7. The fourth-order valence-electron chi connectivity index (χ4n) is 5.02. The fraction of sp³-hybridized carbons (Fsp3) is 0.579. The Morgan fingerprint density at radius 2 is 2.07 bits per heavy atom. The smallest absolute Gasteiger partial charge is 0.353 e. The summed E-state index contributed by atoms with van der Waals surface area (Å²) in [5.41, 5.74) is 1.25. The molecule has 9 nitrogen and oxygen atoms in total. The number of hydrogen-bond acceptors (Lipinski definition) is 8. The van der Waals surface area contributed by atoms with Gasteiger partial charge in [0, 0.05) is 67.7 Å². The van der Waals surface area contributed by atoms with Crippen molar-refractivity contribution in [2.45, 2.75) is 25.3 Å². The maximum absolute atomic E-state index is 11.4. The molecule has 2 saturated heterocycles. The van der Waals surface area contributed by atoms with Crippen LogP contribution in [0.25, 0.3) is 0 Å². The highest BCUT2D eigenvalue weighted by Gasteiger charge is 2.51. The molecule has 3 aliphatic rings. The molecule has 1 N–H and O–H groups in total. The van der Waals surface area contributed by atoms with Crippen LogP contribution in [0.4, 0.5) is 10.6 Å². The lowest BCUT2D eigenvalue weighted by Crippen LogP contribution is -2.57.